The number of halogens is 2. The minimum absolute atomic E-state index is 0.0392. The molecule has 0 bridgehead atoms. The average molecular weight is 256 g/mol. The fraction of sp³-hybridized carbons (Fsp3) is 0. The van der Waals surface area contributed by atoms with Crippen molar-refractivity contribution < 1.29 is 0 Å². The molecule has 0 atom stereocenters. The lowest BCUT2D eigenvalue weighted by Gasteiger charge is -2.07. The molecule has 16 heavy (non-hydrogen) atoms. The number of anilines is 2. The molecule has 0 aliphatic heterocycles. The molecule has 0 aliphatic carbocycles. The van der Waals surface area contributed by atoms with E-state index in [1.807, 2.05) is 30.3 Å². The summed E-state index contributed by atoms with van der Waals surface area (Å²) in [5.41, 5.74) is 6.53. The van der Waals surface area contributed by atoms with Gasteiger partial charge in [0.1, 0.15) is 0 Å². The van der Waals surface area contributed by atoms with Crippen LogP contribution >= 0.6 is 23.2 Å². The summed E-state index contributed by atoms with van der Waals surface area (Å²) >= 11 is 11.2. The van der Waals surface area contributed by atoms with Crippen molar-refractivity contribution in [3.05, 3.63) is 40.9 Å². The minimum Gasteiger partial charge on any atom is -0.298 e. The van der Waals surface area contributed by atoms with Crippen molar-refractivity contribution in [1.82, 2.24) is 15.0 Å². The molecule has 0 saturated carbocycles. The van der Waals surface area contributed by atoms with Gasteiger partial charge in [0.25, 0.3) is 0 Å². The maximum absolute atomic E-state index is 5.62. The Labute approximate surface area is 102 Å². The Balaban J connectivity index is 2.05. The van der Waals surface area contributed by atoms with Crippen LogP contribution in [0.2, 0.25) is 10.6 Å². The van der Waals surface area contributed by atoms with E-state index in [1.165, 1.54) is 0 Å². The zero-order chi connectivity index (χ0) is 11.4. The van der Waals surface area contributed by atoms with Gasteiger partial charge >= 0.3 is 0 Å². The molecule has 1 heterocycles. The number of hydrogen-bond acceptors (Lipinski definition) is 5. The molecule has 0 fully saturated rings. The minimum atomic E-state index is 0.0392. The molecule has 5 nitrogen and oxygen atoms in total. The van der Waals surface area contributed by atoms with E-state index in [2.05, 4.69) is 25.8 Å². The SMILES string of the molecule is Clc1nc(Cl)nc(NNc2ccccc2)n1. The molecular formula is C9H7Cl2N5. The fourth-order valence-corrected chi connectivity index (χ4v) is 1.39. The third-order valence-electron chi connectivity index (χ3n) is 1.67. The molecule has 2 rings (SSSR count). The van der Waals surface area contributed by atoms with Crippen molar-refractivity contribution in [3.8, 4) is 0 Å². The van der Waals surface area contributed by atoms with Crippen molar-refractivity contribution >= 4 is 34.8 Å². The highest BCUT2D eigenvalue weighted by atomic mass is 35.5. The topological polar surface area (TPSA) is 62.7 Å². The normalized spacial score (nSPS) is 9.88. The summed E-state index contributed by atoms with van der Waals surface area (Å²) in [4.78, 5) is 11.3. The molecule has 2 aromatic rings. The lowest BCUT2D eigenvalue weighted by Crippen LogP contribution is -2.12. The number of hydrazine groups is 1. The standard InChI is InChI=1S/C9H7Cl2N5/c10-7-12-8(11)14-9(13-7)16-15-6-4-2-1-3-5-6/h1-5,15H,(H,12,13,14,16). The fourth-order valence-electron chi connectivity index (χ4n) is 1.03. The van der Waals surface area contributed by atoms with Crippen LogP contribution in [0.15, 0.2) is 30.3 Å². The van der Waals surface area contributed by atoms with E-state index in [1.54, 1.807) is 0 Å². The van der Waals surface area contributed by atoms with E-state index in [9.17, 15) is 0 Å². The number of rotatable bonds is 3. The van der Waals surface area contributed by atoms with Gasteiger partial charge in [-0.05, 0) is 35.3 Å². The Morgan fingerprint density at radius 1 is 0.812 bits per heavy atom. The van der Waals surface area contributed by atoms with Crippen molar-refractivity contribution in [1.29, 1.82) is 0 Å². The van der Waals surface area contributed by atoms with Crippen LogP contribution in [0.5, 0.6) is 0 Å². The molecule has 0 radical (unpaired) electrons. The molecule has 0 unspecified atom stereocenters. The van der Waals surface area contributed by atoms with Crippen molar-refractivity contribution in [2.75, 3.05) is 10.9 Å². The number of nitrogens with zero attached hydrogens (tertiary/aromatic N) is 3. The van der Waals surface area contributed by atoms with Gasteiger partial charge in [-0.15, -0.1) is 0 Å². The van der Waals surface area contributed by atoms with E-state index in [-0.39, 0.29) is 16.5 Å². The smallest absolute Gasteiger partial charge is 0.247 e. The molecule has 1 aromatic heterocycles. The zero-order valence-corrected chi connectivity index (χ0v) is 9.50. The lowest BCUT2D eigenvalue weighted by molar-refractivity contribution is 1.04. The maximum Gasteiger partial charge on any atom is 0.247 e. The number of hydrogen-bond donors (Lipinski definition) is 2. The molecule has 1 aromatic carbocycles. The zero-order valence-electron chi connectivity index (χ0n) is 7.98. The van der Waals surface area contributed by atoms with E-state index < -0.39 is 0 Å². The van der Waals surface area contributed by atoms with Crippen LogP contribution in [0.25, 0.3) is 0 Å². The van der Waals surface area contributed by atoms with Crippen LogP contribution < -0.4 is 10.9 Å². The Hall–Kier alpha value is -1.59. The van der Waals surface area contributed by atoms with Gasteiger partial charge in [-0.1, -0.05) is 18.2 Å². The van der Waals surface area contributed by atoms with Crippen LogP contribution in [0, 0.1) is 0 Å². The summed E-state index contributed by atoms with van der Waals surface area (Å²) in [7, 11) is 0. The van der Waals surface area contributed by atoms with Gasteiger partial charge in [0.15, 0.2) is 0 Å². The first kappa shape index (κ1) is 10.9. The third-order valence-corrected chi connectivity index (χ3v) is 2.01. The molecule has 82 valence electrons. The van der Waals surface area contributed by atoms with Gasteiger partial charge in [0.05, 0.1) is 5.69 Å². The van der Waals surface area contributed by atoms with E-state index in [4.69, 9.17) is 23.2 Å². The first-order valence-electron chi connectivity index (χ1n) is 4.38. The molecule has 0 amide bonds. The number of nitrogens with one attached hydrogen (secondary N) is 2. The molecule has 0 aliphatic rings. The summed E-state index contributed by atoms with van der Waals surface area (Å²) < 4.78 is 0. The van der Waals surface area contributed by atoms with Gasteiger partial charge in [-0.3, -0.25) is 10.9 Å². The quantitative estimate of drug-likeness (QED) is 0.826. The maximum atomic E-state index is 5.62. The second-order valence-electron chi connectivity index (χ2n) is 2.81. The monoisotopic (exact) mass is 255 g/mol. The first-order chi connectivity index (χ1) is 7.74. The van der Waals surface area contributed by atoms with E-state index >= 15 is 0 Å². The Bertz CT molecular complexity index is 456. The molecule has 7 heteroatoms. The summed E-state index contributed by atoms with van der Waals surface area (Å²) in [6.45, 7) is 0. The van der Waals surface area contributed by atoms with Gasteiger partial charge < -0.3 is 0 Å². The van der Waals surface area contributed by atoms with Crippen LogP contribution in [0.4, 0.5) is 11.6 Å². The van der Waals surface area contributed by atoms with Gasteiger partial charge in [0.2, 0.25) is 16.5 Å². The highest BCUT2D eigenvalue weighted by molar-refractivity contribution is 6.31. The predicted octanol–water partition coefficient (Wildman–Crippen LogP) is 2.62. The van der Waals surface area contributed by atoms with Crippen molar-refractivity contribution in [2.24, 2.45) is 0 Å². The van der Waals surface area contributed by atoms with Crippen molar-refractivity contribution in [2.45, 2.75) is 0 Å². The van der Waals surface area contributed by atoms with Crippen LogP contribution in [0.3, 0.4) is 0 Å². The van der Waals surface area contributed by atoms with Crippen molar-refractivity contribution in [3.63, 3.8) is 0 Å². The highest BCUT2D eigenvalue weighted by Crippen LogP contribution is 2.10. The average Bonchev–Trinajstić information content (AvgIpc) is 2.27. The number of para-hydroxylation sites is 1. The second kappa shape index (κ2) is 4.96. The van der Waals surface area contributed by atoms with Gasteiger partial charge in [-0.25, -0.2) is 0 Å². The summed E-state index contributed by atoms with van der Waals surface area (Å²) in [5, 5.41) is 0.0784. The van der Waals surface area contributed by atoms with Crippen LogP contribution in [-0.2, 0) is 0 Å². The molecular weight excluding hydrogens is 249 g/mol. The molecule has 2 N–H and O–H groups in total. The largest absolute Gasteiger partial charge is 0.298 e. The van der Waals surface area contributed by atoms with Gasteiger partial charge in [-0.2, -0.15) is 15.0 Å². The van der Waals surface area contributed by atoms with E-state index in [0.717, 1.165) is 5.69 Å². The number of aromatic nitrogens is 3. The Kier molecular flexibility index (Phi) is 3.38. The van der Waals surface area contributed by atoms with E-state index in [0.29, 0.717) is 0 Å². The Morgan fingerprint density at radius 3 is 2.06 bits per heavy atom. The first-order valence-corrected chi connectivity index (χ1v) is 5.14. The second-order valence-corrected chi connectivity index (χ2v) is 3.49. The summed E-state index contributed by atoms with van der Waals surface area (Å²) in [6.07, 6.45) is 0. The summed E-state index contributed by atoms with van der Waals surface area (Å²) in [5.74, 6) is 0.258. The van der Waals surface area contributed by atoms with Crippen LogP contribution in [-0.4, -0.2) is 15.0 Å². The third kappa shape index (κ3) is 2.95. The lowest BCUT2D eigenvalue weighted by atomic mass is 10.3. The predicted molar refractivity (Wildman–Crippen MR) is 63.5 cm³/mol. The number of benzene rings is 1. The molecule has 0 saturated heterocycles. The molecule has 0 spiro atoms. The summed E-state index contributed by atoms with van der Waals surface area (Å²) in [6, 6.07) is 9.49. The highest BCUT2D eigenvalue weighted by Gasteiger charge is 2.01. The Morgan fingerprint density at radius 2 is 1.44 bits per heavy atom. The van der Waals surface area contributed by atoms with Gasteiger partial charge in [0, 0.05) is 0 Å². The van der Waals surface area contributed by atoms with Crippen LogP contribution in [0.1, 0.15) is 0 Å².